The standard InChI is InChI=1S/C23H31N3O3/c1-15(2)21-16(3)12-20(23(27)28)22(24-21)26-11-10-25(17(4)13-26)14-18-6-8-19(29-5)9-7-18/h6-9,12,15,17H,10-11,13-14H2,1-5H3,(H,27,28). The van der Waals surface area contributed by atoms with E-state index in [4.69, 9.17) is 9.72 Å². The molecule has 0 aliphatic carbocycles. The molecule has 1 aliphatic heterocycles. The van der Waals surface area contributed by atoms with Gasteiger partial charge in [0.25, 0.3) is 0 Å². The highest BCUT2D eigenvalue weighted by Crippen LogP contribution is 2.28. The summed E-state index contributed by atoms with van der Waals surface area (Å²) in [5, 5.41) is 9.72. The fraction of sp³-hybridized carbons (Fsp3) is 0.478. The van der Waals surface area contributed by atoms with E-state index in [1.165, 1.54) is 5.56 Å². The van der Waals surface area contributed by atoms with Crippen molar-refractivity contribution >= 4 is 11.8 Å². The molecule has 6 nitrogen and oxygen atoms in total. The minimum Gasteiger partial charge on any atom is -0.497 e. The largest absolute Gasteiger partial charge is 0.497 e. The molecule has 1 fully saturated rings. The monoisotopic (exact) mass is 397 g/mol. The molecule has 1 atom stereocenters. The van der Waals surface area contributed by atoms with E-state index < -0.39 is 5.97 Å². The molecule has 156 valence electrons. The van der Waals surface area contributed by atoms with Crippen molar-refractivity contribution in [3.05, 3.63) is 52.7 Å². The maximum atomic E-state index is 11.8. The number of hydrogen-bond acceptors (Lipinski definition) is 5. The first-order valence-corrected chi connectivity index (χ1v) is 10.2. The molecule has 1 N–H and O–H groups in total. The van der Waals surface area contributed by atoms with Gasteiger partial charge in [-0.2, -0.15) is 0 Å². The van der Waals surface area contributed by atoms with Crippen LogP contribution in [0.25, 0.3) is 0 Å². The molecular formula is C23H31N3O3. The van der Waals surface area contributed by atoms with E-state index >= 15 is 0 Å². The normalized spacial score (nSPS) is 17.6. The predicted molar refractivity (Wildman–Crippen MR) is 115 cm³/mol. The van der Waals surface area contributed by atoms with Crippen molar-refractivity contribution in [2.75, 3.05) is 31.6 Å². The number of carboxylic acids is 1. The van der Waals surface area contributed by atoms with E-state index in [2.05, 4.69) is 42.7 Å². The summed E-state index contributed by atoms with van der Waals surface area (Å²) >= 11 is 0. The number of ether oxygens (including phenoxy) is 1. The van der Waals surface area contributed by atoms with Gasteiger partial charge in [-0.15, -0.1) is 0 Å². The molecule has 6 heteroatoms. The van der Waals surface area contributed by atoms with Gasteiger partial charge in [-0.25, -0.2) is 9.78 Å². The topological polar surface area (TPSA) is 65.9 Å². The Bertz CT molecular complexity index is 864. The summed E-state index contributed by atoms with van der Waals surface area (Å²) in [6.45, 7) is 11.5. The minimum atomic E-state index is -0.917. The number of benzene rings is 1. The van der Waals surface area contributed by atoms with Crippen molar-refractivity contribution in [3.8, 4) is 5.75 Å². The Kier molecular flexibility index (Phi) is 6.42. The van der Waals surface area contributed by atoms with Crippen molar-refractivity contribution in [2.24, 2.45) is 0 Å². The van der Waals surface area contributed by atoms with E-state index in [0.29, 0.717) is 11.4 Å². The Morgan fingerprint density at radius 1 is 1.28 bits per heavy atom. The van der Waals surface area contributed by atoms with Gasteiger partial charge in [-0.1, -0.05) is 26.0 Å². The number of carbonyl (C=O) groups is 1. The van der Waals surface area contributed by atoms with Crippen molar-refractivity contribution in [1.82, 2.24) is 9.88 Å². The van der Waals surface area contributed by atoms with Gasteiger partial charge < -0.3 is 14.7 Å². The van der Waals surface area contributed by atoms with Gasteiger partial charge in [0, 0.05) is 37.9 Å². The highest BCUT2D eigenvalue weighted by atomic mass is 16.5. The lowest BCUT2D eigenvalue weighted by Crippen LogP contribution is -2.52. The van der Waals surface area contributed by atoms with E-state index in [0.717, 1.165) is 43.2 Å². The van der Waals surface area contributed by atoms with Crippen LogP contribution < -0.4 is 9.64 Å². The summed E-state index contributed by atoms with van der Waals surface area (Å²) in [7, 11) is 1.67. The van der Waals surface area contributed by atoms with Crippen LogP contribution in [0.4, 0.5) is 5.82 Å². The SMILES string of the molecule is COc1ccc(CN2CCN(c3nc(C(C)C)c(C)cc3C(=O)O)CC2C)cc1. The molecular weight excluding hydrogens is 366 g/mol. The van der Waals surface area contributed by atoms with E-state index in [1.807, 2.05) is 19.1 Å². The van der Waals surface area contributed by atoms with Crippen molar-refractivity contribution in [3.63, 3.8) is 0 Å². The number of rotatable bonds is 6. The number of hydrogen-bond donors (Lipinski definition) is 1. The highest BCUT2D eigenvalue weighted by molar-refractivity contribution is 5.93. The Morgan fingerprint density at radius 3 is 2.52 bits per heavy atom. The number of pyridine rings is 1. The molecule has 1 saturated heterocycles. The molecule has 0 bridgehead atoms. The van der Waals surface area contributed by atoms with Crippen LogP contribution in [0.3, 0.4) is 0 Å². The first-order valence-electron chi connectivity index (χ1n) is 10.2. The van der Waals surface area contributed by atoms with Crippen LogP contribution >= 0.6 is 0 Å². The Balaban J connectivity index is 1.77. The Morgan fingerprint density at radius 2 is 1.97 bits per heavy atom. The van der Waals surface area contributed by atoms with Crippen molar-refractivity contribution in [2.45, 2.75) is 46.2 Å². The molecule has 1 aromatic carbocycles. The second-order valence-corrected chi connectivity index (χ2v) is 8.14. The van der Waals surface area contributed by atoms with E-state index in [1.54, 1.807) is 13.2 Å². The number of aryl methyl sites for hydroxylation is 1. The molecule has 2 heterocycles. The van der Waals surface area contributed by atoms with Crippen LogP contribution in [0.5, 0.6) is 5.75 Å². The van der Waals surface area contributed by atoms with Gasteiger partial charge in [-0.05, 0) is 49.1 Å². The van der Waals surface area contributed by atoms with E-state index in [9.17, 15) is 9.90 Å². The summed E-state index contributed by atoms with van der Waals surface area (Å²) in [4.78, 5) is 21.2. The van der Waals surface area contributed by atoms with Crippen LogP contribution in [0.1, 0.15) is 53.9 Å². The van der Waals surface area contributed by atoms with Crippen molar-refractivity contribution in [1.29, 1.82) is 0 Å². The number of piperazine rings is 1. The number of methoxy groups -OCH3 is 1. The fourth-order valence-electron chi connectivity index (χ4n) is 3.99. The number of carboxylic acid groups (broad SMARTS) is 1. The lowest BCUT2D eigenvalue weighted by molar-refractivity contribution is 0.0696. The third-order valence-electron chi connectivity index (χ3n) is 5.62. The molecule has 29 heavy (non-hydrogen) atoms. The van der Waals surface area contributed by atoms with Crippen LogP contribution in [0, 0.1) is 6.92 Å². The number of aromatic nitrogens is 1. The molecule has 2 aromatic rings. The zero-order chi connectivity index (χ0) is 21.1. The number of aromatic carboxylic acids is 1. The van der Waals surface area contributed by atoms with Crippen molar-refractivity contribution < 1.29 is 14.6 Å². The summed E-state index contributed by atoms with van der Waals surface area (Å²) < 4.78 is 5.23. The van der Waals surface area contributed by atoms with Gasteiger partial charge in [0.15, 0.2) is 0 Å². The third kappa shape index (κ3) is 4.70. The van der Waals surface area contributed by atoms with Gasteiger partial charge in [0.1, 0.15) is 17.1 Å². The van der Waals surface area contributed by atoms with Crippen LogP contribution in [-0.2, 0) is 6.54 Å². The predicted octanol–water partition coefficient (Wildman–Crippen LogP) is 3.93. The summed E-state index contributed by atoms with van der Waals surface area (Å²) in [6, 6.07) is 10.2. The molecule has 3 rings (SSSR count). The zero-order valence-electron chi connectivity index (χ0n) is 18.0. The first kappa shape index (κ1) is 21.1. The van der Waals surface area contributed by atoms with Gasteiger partial charge in [0.2, 0.25) is 0 Å². The summed E-state index contributed by atoms with van der Waals surface area (Å²) in [6.07, 6.45) is 0. The smallest absolute Gasteiger partial charge is 0.339 e. The average Bonchev–Trinajstić information content (AvgIpc) is 2.69. The van der Waals surface area contributed by atoms with Crippen LogP contribution in [-0.4, -0.2) is 53.7 Å². The first-order chi connectivity index (χ1) is 13.8. The number of anilines is 1. The zero-order valence-corrected chi connectivity index (χ0v) is 18.0. The minimum absolute atomic E-state index is 0.255. The maximum Gasteiger partial charge on any atom is 0.339 e. The lowest BCUT2D eigenvalue weighted by Gasteiger charge is -2.41. The van der Waals surface area contributed by atoms with Crippen LogP contribution in [0.15, 0.2) is 30.3 Å². The van der Waals surface area contributed by atoms with Gasteiger partial charge in [-0.3, -0.25) is 4.90 Å². The fourth-order valence-corrected chi connectivity index (χ4v) is 3.99. The molecule has 0 amide bonds. The Labute approximate surface area is 173 Å². The second kappa shape index (κ2) is 8.82. The van der Waals surface area contributed by atoms with Gasteiger partial charge in [0.05, 0.1) is 7.11 Å². The average molecular weight is 398 g/mol. The molecule has 1 aromatic heterocycles. The van der Waals surface area contributed by atoms with Gasteiger partial charge >= 0.3 is 5.97 Å². The number of nitrogens with zero attached hydrogens (tertiary/aromatic N) is 3. The second-order valence-electron chi connectivity index (χ2n) is 8.14. The maximum absolute atomic E-state index is 11.8. The summed E-state index contributed by atoms with van der Waals surface area (Å²) in [5.74, 6) is 0.798. The molecule has 0 radical (unpaired) electrons. The molecule has 1 aliphatic rings. The molecule has 1 unspecified atom stereocenters. The Hall–Kier alpha value is -2.60. The third-order valence-corrected chi connectivity index (χ3v) is 5.62. The quantitative estimate of drug-likeness (QED) is 0.797. The molecule has 0 saturated carbocycles. The van der Waals surface area contributed by atoms with Crippen LogP contribution in [0.2, 0.25) is 0 Å². The van der Waals surface area contributed by atoms with E-state index in [-0.39, 0.29) is 12.0 Å². The molecule has 0 spiro atoms. The lowest BCUT2D eigenvalue weighted by atomic mass is 10.0. The summed E-state index contributed by atoms with van der Waals surface area (Å²) in [5.41, 5.74) is 3.45. The highest BCUT2D eigenvalue weighted by Gasteiger charge is 2.28.